The third-order valence-electron chi connectivity index (χ3n) is 3.40. The Morgan fingerprint density at radius 1 is 0.750 bits per heavy atom. The molecule has 118 valence electrons. The van der Waals surface area contributed by atoms with Crippen molar-refractivity contribution in [2.45, 2.75) is 13.8 Å². The van der Waals surface area contributed by atoms with Gasteiger partial charge in [-0.15, -0.1) is 0 Å². The van der Waals surface area contributed by atoms with Crippen LogP contribution in [0.1, 0.15) is 13.8 Å². The molecule has 0 atom stereocenters. The normalized spacial score (nSPS) is 10.1. The quantitative estimate of drug-likeness (QED) is 0.491. The van der Waals surface area contributed by atoms with Crippen LogP contribution in [0.15, 0.2) is 62.4 Å². The van der Waals surface area contributed by atoms with Crippen LogP contribution in [0.25, 0.3) is 21.8 Å². The van der Waals surface area contributed by atoms with Crippen molar-refractivity contribution in [1.82, 2.24) is 4.98 Å². The fraction of sp³-hybridized carbons (Fsp3) is 0.211. The molecular formula is C19H17N5. The maximum Gasteiger partial charge on any atom is 0.0948 e. The van der Waals surface area contributed by atoms with Gasteiger partial charge in [-0.05, 0) is 44.2 Å². The number of hydrogen-bond donors (Lipinski definition) is 0. The first-order valence-corrected chi connectivity index (χ1v) is 7.89. The molecular weight excluding hydrogens is 298 g/mol. The maximum absolute atomic E-state index is 4.72. The van der Waals surface area contributed by atoms with Gasteiger partial charge in [-0.25, -0.2) is 15.0 Å². The van der Waals surface area contributed by atoms with Gasteiger partial charge in [0.1, 0.15) is 0 Å². The molecule has 0 saturated carbocycles. The summed E-state index contributed by atoms with van der Waals surface area (Å²) >= 11 is 0. The summed E-state index contributed by atoms with van der Waals surface area (Å²) in [6.07, 6.45) is 0. The van der Waals surface area contributed by atoms with Gasteiger partial charge in [0.05, 0.1) is 34.4 Å². The number of aliphatic imine (C=N–C) groups is 4. The number of benzene rings is 2. The van der Waals surface area contributed by atoms with Crippen LogP contribution in [0.3, 0.4) is 0 Å². The zero-order valence-corrected chi connectivity index (χ0v) is 13.7. The van der Waals surface area contributed by atoms with Crippen LogP contribution in [0, 0.1) is 0 Å². The first-order chi connectivity index (χ1) is 11.8. The van der Waals surface area contributed by atoms with Gasteiger partial charge in [-0.1, -0.05) is 12.1 Å². The van der Waals surface area contributed by atoms with Crippen molar-refractivity contribution in [3.63, 3.8) is 0 Å². The number of aromatic nitrogens is 1. The van der Waals surface area contributed by atoms with Crippen LogP contribution in [-0.2, 0) is 0 Å². The van der Waals surface area contributed by atoms with E-state index in [0.717, 1.165) is 33.2 Å². The van der Waals surface area contributed by atoms with Crippen molar-refractivity contribution < 1.29 is 0 Å². The van der Waals surface area contributed by atoms with Crippen molar-refractivity contribution in [2.75, 3.05) is 13.1 Å². The Labute approximate surface area is 140 Å². The average molecular weight is 315 g/mol. The molecule has 0 fully saturated rings. The van der Waals surface area contributed by atoms with Crippen LogP contribution >= 0.6 is 0 Å². The molecule has 0 radical (unpaired) electrons. The molecule has 1 heterocycles. The Hall–Kier alpha value is -3.13. The Bertz CT molecular complexity index is 928. The molecule has 1 aromatic heterocycles. The van der Waals surface area contributed by atoms with E-state index in [1.165, 1.54) is 0 Å². The summed E-state index contributed by atoms with van der Waals surface area (Å²) in [4.78, 5) is 21.1. The number of nitrogens with zero attached hydrogens (tertiary/aromatic N) is 5. The highest BCUT2D eigenvalue weighted by Gasteiger charge is 2.02. The van der Waals surface area contributed by atoms with Crippen LogP contribution in [0.5, 0.6) is 0 Å². The molecule has 24 heavy (non-hydrogen) atoms. The summed E-state index contributed by atoms with van der Waals surface area (Å²) in [6.45, 7) is 5.24. The third kappa shape index (κ3) is 3.61. The first-order valence-electron chi connectivity index (χ1n) is 7.89. The van der Waals surface area contributed by atoms with Crippen molar-refractivity contribution in [1.29, 1.82) is 0 Å². The van der Waals surface area contributed by atoms with Gasteiger partial charge < -0.3 is 0 Å². The summed E-state index contributed by atoms with van der Waals surface area (Å²) in [7, 11) is 0. The molecule has 0 unspecified atom stereocenters. The zero-order chi connectivity index (χ0) is 16.8. The highest BCUT2D eigenvalue weighted by atomic mass is 14.8. The van der Waals surface area contributed by atoms with Gasteiger partial charge in [0.15, 0.2) is 0 Å². The molecule has 0 amide bonds. The van der Waals surface area contributed by atoms with E-state index in [2.05, 4.69) is 38.1 Å². The van der Waals surface area contributed by atoms with Crippen LogP contribution < -0.4 is 0 Å². The van der Waals surface area contributed by atoms with E-state index in [9.17, 15) is 0 Å². The molecule has 2 aromatic carbocycles. The Balaban J connectivity index is 2.08. The molecule has 0 saturated heterocycles. The van der Waals surface area contributed by atoms with Gasteiger partial charge in [-0.3, -0.25) is 0 Å². The van der Waals surface area contributed by atoms with Gasteiger partial charge in [0.2, 0.25) is 0 Å². The van der Waals surface area contributed by atoms with E-state index in [-0.39, 0.29) is 0 Å². The van der Waals surface area contributed by atoms with Gasteiger partial charge in [0, 0.05) is 23.9 Å². The van der Waals surface area contributed by atoms with E-state index in [4.69, 9.17) is 4.98 Å². The van der Waals surface area contributed by atoms with E-state index in [1.807, 2.05) is 50.2 Å². The molecule has 0 aliphatic rings. The summed E-state index contributed by atoms with van der Waals surface area (Å²) in [5.41, 5.74) is 3.34. The largest absolute Gasteiger partial charge is 0.248 e. The topological polar surface area (TPSA) is 62.3 Å². The highest BCUT2D eigenvalue weighted by molar-refractivity contribution is 5.94. The molecule has 0 N–H and O–H groups in total. The van der Waals surface area contributed by atoms with Crippen LogP contribution in [0.2, 0.25) is 0 Å². The Kier molecular flexibility index (Phi) is 4.87. The van der Waals surface area contributed by atoms with Crippen molar-refractivity contribution in [3.05, 3.63) is 42.5 Å². The van der Waals surface area contributed by atoms with Gasteiger partial charge in [-0.2, -0.15) is 9.98 Å². The van der Waals surface area contributed by atoms with Gasteiger partial charge >= 0.3 is 0 Å². The zero-order valence-electron chi connectivity index (χ0n) is 13.7. The fourth-order valence-electron chi connectivity index (χ4n) is 2.27. The molecule has 0 bridgehead atoms. The number of fused-ring (bicyclic) bond motifs is 2. The predicted molar refractivity (Wildman–Crippen MR) is 99.4 cm³/mol. The Morgan fingerprint density at radius 3 is 1.71 bits per heavy atom. The highest BCUT2D eigenvalue weighted by Crippen LogP contribution is 2.26. The van der Waals surface area contributed by atoms with Crippen molar-refractivity contribution in [2.24, 2.45) is 20.0 Å². The molecule has 5 nitrogen and oxygen atoms in total. The molecule has 0 spiro atoms. The van der Waals surface area contributed by atoms with E-state index in [1.54, 1.807) is 0 Å². The second kappa shape index (κ2) is 7.42. The number of pyridine rings is 1. The van der Waals surface area contributed by atoms with E-state index in [0.29, 0.717) is 13.1 Å². The minimum absolute atomic E-state index is 0.671. The van der Waals surface area contributed by atoms with Crippen LogP contribution in [0.4, 0.5) is 11.4 Å². The maximum atomic E-state index is 4.72. The smallest absolute Gasteiger partial charge is 0.0948 e. The number of rotatable bonds is 4. The fourth-order valence-corrected chi connectivity index (χ4v) is 2.27. The summed E-state index contributed by atoms with van der Waals surface area (Å²) in [5.74, 6) is 0. The standard InChI is InChI=1S/C19H17N5/c1-3-20-12-22-16-7-5-14-9-15-6-8-17(23-13-21-4-2)11-19(15)24-18(14)10-16/h5-11H,3-4H2,1-2H3. The Morgan fingerprint density at radius 2 is 1.25 bits per heavy atom. The predicted octanol–water partition coefficient (Wildman–Crippen LogP) is 5.04. The van der Waals surface area contributed by atoms with Crippen molar-refractivity contribution >= 4 is 45.2 Å². The lowest BCUT2D eigenvalue weighted by Crippen LogP contribution is -1.82. The molecule has 5 heteroatoms. The molecule has 0 aliphatic heterocycles. The van der Waals surface area contributed by atoms with Crippen molar-refractivity contribution in [3.8, 4) is 0 Å². The first kappa shape index (κ1) is 15.8. The molecule has 0 aliphatic carbocycles. The van der Waals surface area contributed by atoms with E-state index >= 15 is 0 Å². The SMILES string of the molecule is CCN=C=Nc1ccc2cc3ccc(N=C=NCC)cc3nc2c1. The lowest BCUT2D eigenvalue weighted by atomic mass is 10.1. The average Bonchev–Trinajstić information content (AvgIpc) is 2.60. The third-order valence-corrected chi connectivity index (χ3v) is 3.40. The summed E-state index contributed by atoms with van der Waals surface area (Å²) < 4.78 is 0. The van der Waals surface area contributed by atoms with Crippen LogP contribution in [-0.4, -0.2) is 30.1 Å². The number of hydrogen-bond acceptors (Lipinski definition) is 5. The minimum atomic E-state index is 0.671. The van der Waals surface area contributed by atoms with E-state index < -0.39 is 0 Å². The molecule has 3 rings (SSSR count). The summed E-state index contributed by atoms with van der Waals surface area (Å²) in [6, 6.07) is 19.2. The second-order valence-corrected chi connectivity index (χ2v) is 5.11. The molecule has 3 aromatic rings. The van der Waals surface area contributed by atoms with Gasteiger partial charge in [0.25, 0.3) is 0 Å². The minimum Gasteiger partial charge on any atom is -0.248 e. The summed E-state index contributed by atoms with van der Waals surface area (Å²) in [5, 5.41) is 2.13. The monoisotopic (exact) mass is 315 g/mol. The lowest BCUT2D eigenvalue weighted by Gasteiger charge is -2.03. The second-order valence-electron chi connectivity index (χ2n) is 5.11. The lowest BCUT2D eigenvalue weighted by molar-refractivity contribution is 1.14.